The Hall–Kier alpha value is -4.47. The van der Waals surface area contributed by atoms with E-state index in [4.69, 9.17) is 15.2 Å². The number of pyridine rings is 3. The number of ether oxygens (including phenoxy) is 2. The first-order valence-corrected chi connectivity index (χ1v) is 11.0. The molecule has 0 amide bonds. The number of aliphatic imine (C=N–C) groups is 1. The topological polar surface area (TPSA) is 95.5 Å². The second kappa shape index (κ2) is 8.95. The summed E-state index contributed by atoms with van der Waals surface area (Å²) in [6, 6.07) is 10.5. The number of fused-ring (bicyclic) bond motifs is 2. The van der Waals surface area contributed by atoms with Crippen molar-refractivity contribution in [2.75, 3.05) is 6.61 Å². The van der Waals surface area contributed by atoms with Gasteiger partial charge in [0.25, 0.3) is 12.0 Å². The van der Waals surface area contributed by atoms with Gasteiger partial charge in [0.15, 0.2) is 5.75 Å². The summed E-state index contributed by atoms with van der Waals surface area (Å²) >= 11 is 0. The predicted molar refractivity (Wildman–Crippen MR) is 127 cm³/mol. The maximum Gasteiger partial charge on any atom is 0.283 e. The summed E-state index contributed by atoms with van der Waals surface area (Å²) in [5.41, 5.74) is 7.21. The van der Waals surface area contributed by atoms with Crippen molar-refractivity contribution in [2.45, 2.75) is 19.4 Å². The Morgan fingerprint density at radius 1 is 1.03 bits per heavy atom. The first kappa shape index (κ1) is 23.3. The van der Waals surface area contributed by atoms with Crippen molar-refractivity contribution in [3.05, 3.63) is 89.9 Å². The van der Waals surface area contributed by atoms with Crippen LogP contribution >= 0.6 is 0 Å². The monoisotopic (exact) mass is 491 g/mol. The average molecular weight is 491 g/mol. The molecule has 2 N–H and O–H groups in total. The van der Waals surface area contributed by atoms with Gasteiger partial charge in [0.05, 0.1) is 18.5 Å². The molecule has 7 nitrogen and oxygen atoms in total. The Kier molecular flexibility index (Phi) is 5.79. The smallest absolute Gasteiger partial charge is 0.283 e. The van der Waals surface area contributed by atoms with E-state index in [0.29, 0.717) is 33.6 Å². The second-order valence-corrected chi connectivity index (χ2v) is 8.20. The first-order valence-electron chi connectivity index (χ1n) is 11.0. The van der Waals surface area contributed by atoms with Gasteiger partial charge in [0.2, 0.25) is 5.95 Å². The number of hydrogen-bond donors (Lipinski definition) is 1. The molecule has 0 saturated carbocycles. The summed E-state index contributed by atoms with van der Waals surface area (Å²) < 4.78 is 54.3. The maximum absolute atomic E-state index is 15.3. The van der Waals surface area contributed by atoms with Crippen LogP contribution in [-0.4, -0.2) is 27.6 Å². The zero-order chi connectivity index (χ0) is 25.4. The van der Waals surface area contributed by atoms with E-state index in [0.717, 1.165) is 12.3 Å². The van der Waals surface area contributed by atoms with Crippen LogP contribution in [0.4, 0.5) is 13.2 Å². The standard InChI is InChI=1S/C26H20F3N5O2/c1-3-35-25(30)34-26(2)18-9-14(16-8-17(27)13-31-12-16)4-5-21(18)36-23-19(26)11-20(33-24(23)29)15-6-7-32-22(28)10-15/h4-13H,3H2,1-2H3,(H2,30,34)/t26-/m0/s1. The van der Waals surface area contributed by atoms with Crippen LogP contribution in [0.15, 0.2) is 66.0 Å². The van der Waals surface area contributed by atoms with Crippen molar-refractivity contribution >= 4 is 6.02 Å². The zero-order valence-electron chi connectivity index (χ0n) is 19.3. The summed E-state index contributed by atoms with van der Waals surface area (Å²) in [5.74, 6) is -1.95. The Balaban J connectivity index is 1.75. The summed E-state index contributed by atoms with van der Waals surface area (Å²) in [6.45, 7) is 3.75. The Morgan fingerprint density at radius 3 is 2.61 bits per heavy atom. The number of aromatic nitrogens is 3. The molecule has 10 heteroatoms. The van der Waals surface area contributed by atoms with Crippen LogP contribution in [0.5, 0.6) is 11.5 Å². The molecule has 0 saturated heterocycles. The molecular formula is C26H20F3N5O2. The van der Waals surface area contributed by atoms with Crippen molar-refractivity contribution < 1.29 is 22.6 Å². The van der Waals surface area contributed by atoms with Gasteiger partial charge < -0.3 is 15.2 Å². The van der Waals surface area contributed by atoms with Gasteiger partial charge in [0.1, 0.15) is 17.1 Å². The SMILES string of the molecule is CCO/C(N)=N\[C@@]1(C)c2cc(-c3cncc(F)c3)ccc2Oc2c1cc(-c1ccnc(F)c1)nc2F. The normalized spacial score (nSPS) is 16.6. The molecule has 1 atom stereocenters. The van der Waals surface area contributed by atoms with Crippen LogP contribution in [-0.2, 0) is 10.3 Å². The summed E-state index contributed by atoms with van der Waals surface area (Å²) in [5, 5.41) is 0. The summed E-state index contributed by atoms with van der Waals surface area (Å²) in [6.07, 6.45) is 3.90. The highest BCUT2D eigenvalue weighted by Crippen LogP contribution is 2.51. The van der Waals surface area contributed by atoms with Gasteiger partial charge in [-0.15, -0.1) is 0 Å². The van der Waals surface area contributed by atoms with E-state index < -0.39 is 23.3 Å². The summed E-state index contributed by atoms with van der Waals surface area (Å²) in [7, 11) is 0. The molecule has 0 fully saturated rings. The minimum absolute atomic E-state index is 0.120. The van der Waals surface area contributed by atoms with Crippen molar-refractivity contribution in [3.63, 3.8) is 0 Å². The molecule has 0 unspecified atom stereocenters. The third-order valence-corrected chi connectivity index (χ3v) is 5.86. The van der Waals surface area contributed by atoms with E-state index >= 15 is 4.39 Å². The number of nitrogens with zero attached hydrogens (tertiary/aromatic N) is 4. The molecule has 4 heterocycles. The van der Waals surface area contributed by atoms with Crippen molar-refractivity contribution in [1.29, 1.82) is 0 Å². The molecular weight excluding hydrogens is 471 g/mol. The first-order chi connectivity index (χ1) is 17.3. The van der Waals surface area contributed by atoms with E-state index in [9.17, 15) is 8.78 Å². The number of rotatable bonds is 4. The lowest BCUT2D eigenvalue weighted by Gasteiger charge is -2.35. The largest absolute Gasteiger partial charge is 0.466 e. The lowest BCUT2D eigenvalue weighted by Crippen LogP contribution is -2.31. The average Bonchev–Trinajstić information content (AvgIpc) is 2.85. The van der Waals surface area contributed by atoms with E-state index in [2.05, 4.69) is 19.9 Å². The van der Waals surface area contributed by atoms with Gasteiger partial charge in [-0.05, 0) is 49.7 Å². The Labute approximate surface area is 204 Å². The molecule has 0 bridgehead atoms. The molecule has 1 aliphatic heterocycles. The van der Waals surface area contributed by atoms with Crippen LogP contribution in [0.3, 0.4) is 0 Å². The van der Waals surface area contributed by atoms with Gasteiger partial charge >= 0.3 is 0 Å². The third-order valence-electron chi connectivity index (χ3n) is 5.86. The fraction of sp³-hybridized carbons (Fsp3) is 0.154. The zero-order valence-corrected chi connectivity index (χ0v) is 19.3. The van der Waals surface area contributed by atoms with E-state index in [1.807, 2.05) is 0 Å². The molecule has 182 valence electrons. The molecule has 0 spiro atoms. The minimum Gasteiger partial charge on any atom is -0.466 e. The lowest BCUT2D eigenvalue weighted by atomic mass is 9.81. The highest BCUT2D eigenvalue weighted by Gasteiger charge is 2.41. The Bertz CT molecular complexity index is 1510. The predicted octanol–water partition coefficient (Wildman–Crippen LogP) is 5.34. The molecule has 0 radical (unpaired) electrons. The third kappa shape index (κ3) is 4.10. The van der Waals surface area contributed by atoms with E-state index in [1.54, 1.807) is 38.1 Å². The van der Waals surface area contributed by atoms with Crippen molar-refractivity contribution in [3.8, 4) is 33.9 Å². The minimum atomic E-state index is -1.30. The number of benzene rings is 1. The molecule has 3 aromatic heterocycles. The molecule has 1 aromatic carbocycles. The van der Waals surface area contributed by atoms with Crippen LogP contribution < -0.4 is 10.5 Å². The van der Waals surface area contributed by atoms with E-state index in [1.165, 1.54) is 24.5 Å². The molecule has 4 aromatic rings. The fourth-order valence-corrected chi connectivity index (χ4v) is 4.20. The van der Waals surface area contributed by atoms with Crippen LogP contribution in [0.1, 0.15) is 25.0 Å². The highest BCUT2D eigenvalue weighted by molar-refractivity contribution is 5.76. The number of hydrogen-bond acceptors (Lipinski definition) is 6. The second-order valence-electron chi connectivity index (χ2n) is 8.20. The van der Waals surface area contributed by atoms with Gasteiger partial charge in [-0.1, -0.05) is 6.07 Å². The molecule has 5 rings (SSSR count). The molecule has 0 aliphatic carbocycles. The lowest BCUT2D eigenvalue weighted by molar-refractivity contribution is 0.311. The van der Waals surface area contributed by atoms with Crippen LogP contribution in [0.2, 0.25) is 0 Å². The number of nitrogens with two attached hydrogens (primary N) is 1. The van der Waals surface area contributed by atoms with Crippen molar-refractivity contribution in [2.24, 2.45) is 10.7 Å². The van der Waals surface area contributed by atoms with Gasteiger partial charge in [-0.3, -0.25) is 4.98 Å². The van der Waals surface area contributed by atoms with Gasteiger partial charge in [0, 0.05) is 40.7 Å². The van der Waals surface area contributed by atoms with Crippen LogP contribution in [0, 0.1) is 17.7 Å². The molecule has 1 aliphatic rings. The van der Waals surface area contributed by atoms with Crippen LogP contribution in [0.25, 0.3) is 22.4 Å². The van der Waals surface area contributed by atoms with Crippen molar-refractivity contribution in [1.82, 2.24) is 15.0 Å². The van der Waals surface area contributed by atoms with E-state index in [-0.39, 0.29) is 24.1 Å². The molecule has 36 heavy (non-hydrogen) atoms. The van der Waals surface area contributed by atoms with Gasteiger partial charge in [-0.2, -0.15) is 8.78 Å². The highest BCUT2D eigenvalue weighted by atomic mass is 19.1. The number of halogens is 3. The maximum atomic E-state index is 15.3. The Morgan fingerprint density at radius 2 is 1.86 bits per heavy atom. The summed E-state index contributed by atoms with van der Waals surface area (Å²) in [4.78, 5) is 16.0. The quantitative estimate of drug-likeness (QED) is 0.235. The van der Waals surface area contributed by atoms with Gasteiger partial charge in [-0.25, -0.2) is 19.4 Å². The fourth-order valence-electron chi connectivity index (χ4n) is 4.20. The number of amidine groups is 1.